The van der Waals surface area contributed by atoms with Gasteiger partial charge in [-0.2, -0.15) is 0 Å². The number of aromatic hydroxyl groups is 1. The molecule has 0 radical (unpaired) electrons. The fraction of sp³-hybridized carbons (Fsp3) is 0.278. The van der Waals surface area contributed by atoms with Crippen LogP contribution in [-0.2, 0) is 16.1 Å². The van der Waals surface area contributed by atoms with Gasteiger partial charge >= 0.3 is 5.97 Å². The highest BCUT2D eigenvalue weighted by Crippen LogP contribution is 2.35. The second kappa shape index (κ2) is 7.50. The van der Waals surface area contributed by atoms with Crippen molar-refractivity contribution in [3.63, 3.8) is 0 Å². The molecule has 0 spiro atoms. The highest BCUT2D eigenvalue weighted by atomic mass is 16.5. The van der Waals surface area contributed by atoms with Gasteiger partial charge in [0.25, 0.3) is 0 Å². The molecule has 1 N–H and O–H groups in total. The smallest absolute Gasteiger partial charge is 0.313 e. The molecule has 2 aromatic carbocycles. The van der Waals surface area contributed by atoms with Gasteiger partial charge in [0.2, 0.25) is 0 Å². The van der Waals surface area contributed by atoms with E-state index in [2.05, 4.69) is 0 Å². The molecule has 0 amide bonds. The molecule has 4 heteroatoms. The first-order chi connectivity index (χ1) is 10.6. The molecule has 0 bridgehead atoms. The maximum atomic E-state index is 11.8. The minimum atomic E-state index is -0.541. The first-order valence-corrected chi connectivity index (χ1v) is 7.28. The van der Waals surface area contributed by atoms with Crippen molar-refractivity contribution in [3.05, 3.63) is 59.7 Å². The van der Waals surface area contributed by atoms with Crippen LogP contribution in [0.5, 0.6) is 11.5 Å². The van der Waals surface area contributed by atoms with Gasteiger partial charge in [-0.05, 0) is 25.5 Å². The highest BCUT2D eigenvalue weighted by Gasteiger charge is 2.21. The molecule has 0 aliphatic heterocycles. The average molecular weight is 300 g/mol. The van der Waals surface area contributed by atoms with E-state index in [1.165, 1.54) is 0 Å². The third-order valence-corrected chi connectivity index (χ3v) is 3.37. The number of phenols is 1. The van der Waals surface area contributed by atoms with E-state index in [0.29, 0.717) is 24.5 Å². The summed E-state index contributed by atoms with van der Waals surface area (Å²) in [5, 5.41) is 10.3. The number of carbonyl (C=O) groups excluding carboxylic acids is 1. The van der Waals surface area contributed by atoms with Crippen molar-refractivity contribution < 1.29 is 19.4 Å². The first-order valence-electron chi connectivity index (χ1n) is 7.28. The fourth-order valence-corrected chi connectivity index (χ4v) is 2.13. The summed E-state index contributed by atoms with van der Waals surface area (Å²) in [5.41, 5.74) is 1.51. The van der Waals surface area contributed by atoms with Crippen molar-refractivity contribution >= 4 is 5.97 Å². The Balaban J connectivity index is 2.13. The third kappa shape index (κ3) is 3.79. The SMILES string of the molecule is CCOC(=O)C(C)c1cccc(OCc2ccccc2)c1O. The zero-order valence-electron chi connectivity index (χ0n) is 12.8. The Morgan fingerprint density at radius 3 is 2.55 bits per heavy atom. The molecule has 0 aliphatic carbocycles. The minimum absolute atomic E-state index is 0.0148. The lowest BCUT2D eigenvalue weighted by Gasteiger charge is -2.15. The Bertz CT molecular complexity index is 622. The Morgan fingerprint density at radius 1 is 1.14 bits per heavy atom. The van der Waals surface area contributed by atoms with Crippen molar-refractivity contribution in [1.82, 2.24) is 0 Å². The van der Waals surface area contributed by atoms with E-state index >= 15 is 0 Å². The maximum absolute atomic E-state index is 11.8. The molecule has 0 saturated carbocycles. The number of hydrogen-bond donors (Lipinski definition) is 1. The van der Waals surface area contributed by atoms with E-state index in [1.807, 2.05) is 30.3 Å². The van der Waals surface area contributed by atoms with Gasteiger partial charge in [0.15, 0.2) is 11.5 Å². The molecule has 116 valence electrons. The van der Waals surface area contributed by atoms with Crippen LogP contribution in [0.2, 0.25) is 0 Å². The lowest BCUT2D eigenvalue weighted by molar-refractivity contribution is -0.144. The quantitative estimate of drug-likeness (QED) is 0.828. The van der Waals surface area contributed by atoms with E-state index in [9.17, 15) is 9.90 Å². The van der Waals surface area contributed by atoms with Crippen LogP contribution in [-0.4, -0.2) is 17.7 Å². The summed E-state index contributed by atoms with van der Waals surface area (Å²) in [6.45, 7) is 4.12. The van der Waals surface area contributed by atoms with Gasteiger partial charge in [0.05, 0.1) is 12.5 Å². The predicted molar refractivity (Wildman–Crippen MR) is 83.9 cm³/mol. The van der Waals surface area contributed by atoms with Crippen LogP contribution in [0.25, 0.3) is 0 Å². The zero-order chi connectivity index (χ0) is 15.9. The van der Waals surface area contributed by atoms with Gasteiger partial charge in [-0.25, -0.2) is 0 Å². The monoisotopic (exact) mass is 300 g/mol. The van der Waals surface area contributed by atoms with E-state index in [4.69, 9.17) is 9.47 Å². The van der Waals surface area contributed by atoms with Crippen molar-refractivity contribution in [1.29, 1.82) is 0 Å². The predicted octanol–water partition coefficient (Wildman–Crippen LogP) is 3.64. The van der Waals surface area contributed by atoms with Gasteiger partial charge in [-0.1, -0.05) is 42.5 Å². The number of para-hydroxylation sites is 1. The molecule has 0 aromatic heterocycles. The average Bonchev–Trinajstić information content (AvgIpc) is 2.54. The molecule has 0 heterocycles. The summed E-state index contributed by atoms with van der Waals surface area (Å²) < 4.78 is 10.6. The third-order valence-electron chi connectivity index (χ3n) is 3.37. The first kappa shape index (κ1) is 15.9. The topological polar surface area (TPSA) is 55.8 Å². The van der Waals surface area contributed by atoms with Gasteiger partial charge in [0, 0.05) is 5.56 Å². The van der Waals surface area contributed by atoms with Gasteiger partial charge in [0.1, 0.15) is 6.61 Å². The summed E-state index contributed by atoms with van der Waals surface area (Å²) in [6.07, 6.45) is 0. The fourth-order valence-electron chi connectivity index (χ4n) is 2.13. The lowest BCUT2D eigenvalue weighted by atomic mass is 10.00. The number of rotatable bonds is 6. The van der Waals surface area contributed by atoms with E-state index < -0.39 is 5.92 Å². The number of ether oxygens (including phenoxy) is 2. The minimum Gasteiger partial charge on any atom is -0.504 e. The van der Waals surface area contributed by atoms with Crippen LogP contribution in [0.1, 0.15) is 30.9 Å². The Morgan fingerprint density at radius 2 is 1.86 bits per heavy atom. The zero-order valence-corrected chi connectivity index (χ0v) is 12.8. The molecule has 0 aliphatic rings. The maximum Gasteiger partial charge on any atom is 0.313 e. The van der Waals surface area contributed by atoms with Crippen molar-refractivity contribution in [2.24, 2.45) is 0 Å². The summed E-state index contributed by atoms with van der Waals surface area (Å²) >= 11 is 0. The second-order valence-corrected chi connectivity index (χ2v) is 4.94. The van der Waals surface area contributed by atoms with Crippen LogP contribution in [0, 0.1) is 0 Å². The summed E-state index contributed by atoms with van der Waals surface area (Å²) in [7, 11) is 0. The van der Waals surface area contributed by atoms with Crippen molar-refractivity contribution in [3.8, 4) is 11.5 Å². The molecule has 22 heavy (non-hydrogen) atoms. The Kier molecular flexibility index (Phi) is 5.42. The molecule has 1 unspecified atom stereocenters. The van der Waals surface area contributed by atoms with E-state index in [0.717, 1.165) is 5.56 Å². The molecule has 0 fully saturated rings. The largest absolute Gasteiger partial charge is 0.504 e. The molecular formula is C18H20O4. The summed E-state index contributed by atoms with van der Waals surface area (Å²) in [6, 6.07) is 14.8. The Labute approximate surface area is 130 Å². The number of phenolic OH excluding ortho intramolecular Hbond substituents is 1. The van der Waals surface area contributed by atoms with Crippen molar-refractivity contribution in [2.45, 2.75) is 26.4 Å². The molecule has 1 atom stereocenters. The lowest BCUT2D eigenvalue weighted by Crippen LogP contribution is -2.13. The number of carbonyl (C=O) groups is 1. The summed E-state index contributed by atoms with van der Waals surface area (Å²) in [5.74, 6) is -0.560. The number of esters is 1. The van der Waals surface area contributed by atoms with Crippen LogP contribution in [0.4, 0.5) is 0 Å². The van der Waals surface area contributed by atoms with E-state index in [1.54, 1.807) is 32.0 Å². The molecule has 4 nitrogen and oxygen atoms in total. The Hall–Kier alpha value is -2.49. The molecule has 2 aromatic rings. The van der Waals surface area contributed by atoms with Gasteiger partial charge < -0.3 is 14.6 Å². The van der Waals surface area contributed by atoms with E-state index in [-0.39, 0.29) is 11.7 Å². The standard InChI is InChI=1S/C18H20O4/c1-3-21-18(20)13(2)15-10-7-11-16(17(15)19)22-12-14-8-5-4-6-9-14/h4-11,13,19H,3,12H2,1-2H3. The van der Waals surface area contributed by atoms with Gasteiger partial charge in [-0.3, -0.25) is 4.79 Å². The number of benzene rings is 2. The second-order valence-electron chi connectivity index (χ2n) is 4.94. The van der Waals surface area contributed by atoms with Crippen LogP contribution < -0.4 is 4.74 Å². The normalized spacial score (nSPS) is 11.7. The highest BCUT2D eigenvalue weighted by molar-refractivity contribution is 5.79. The van der Waals surface area contributed by atoms with Crippen LogP contribution in [0.3, 0.4) is 0 Å². The van der Waals surface area contributed by atoms with Crippen LogP contribution >= 0.6 is 0 Å². The molecule has 0 saturated heterocycles. The molecule has 2 rings (SSSR count). The van der Waals surface area contributed by atoms with Crippen LogP contribution in [0.15, 0.2) is 48.5 Å². The van der Waals surface area contributed by atoms with Crippen molar-refractivity contribution in [2.75, 3.05) is 6.61 Å². The molecular weight excluding hydrogens is 280 g/mol. The van der Waals surface area contributed by atoms with Gasteiger partial charge in [-0.15, -0.1) is 0 Å². The number of hydrogen-bond acceptors (Lipinski definition) is 4. The summed E-state index contributed by atoms with van der Waals surface area (Å²) in [4.78, 5) is 11.8.